The van der Waals surface area contributed by atoms with Gasteiger partial charge < -0.3 is 9.72 Å². The van der Waals surface area contributed by atoms with Crippen LogP contribution in [0.15, 0.2) is 12.1 Å². The van der Waals surface area contributed by atoms with Crippen LogP contribution >= 0.6 is 0 Å². The topological polar surface area (TPSA) is 25.0 Å². The lowest BCUT2D eigenvalue weighted by molar-refractivity contribution is 0.262. The van der Waals surface area contributed by atoms with Gasteiger partial charge in [-0.3, -0.25) is 0 Å². The summed E-state index contributed by atoms with van der Waals surface area (Å²) in [5, 5.41) is 0. The normalized spacial score (nSPS) is 10.5. The highest BCUT2D eigenvalue weighted by atomic mass is 16.5. The van der Waals surface area contributed by atoms with E-state index in [1.54, 1.807) is 0 Å². The second-order valence-corrected chi connectivity index (χ2v) is 3.21. The van der Waals surface area contributed by atoms with Crippen LogP contribution in [0, 0.1) is 12.8 Å². The first-order valence-corrected chi connectivity index (χ1v) is 3.97. The number of hydrogen-bond donors (Lipinski definition) is 1. The fraction of sp³-hybridized carbons (Fsp3) is 0.556. The fourth-order valence-electron chi connectivity index (χ4n) is 0.819. The smallest absolute Gasteiger partial charge is 0.190 e. The molecule has 2 heteroatoms. The summed E-state index contributed by atoms with van der Waals surface area (Å²) < 4.78 is 5.43. The predicted molar refractivity (Wildman–Crippen MR) is 48.0 cm³/mol. The minimum atomic E-state index is 0. The van der Waals surface area contributed by atoms with Gasteiger partial charge in [-0.05, 0) is 25.0 Å². The molecule has 0 unspecified atom stereocenters. The van der Waals surface area contributed by atoms with Gasteiger partial charge in [-0.15, -0.1) is 0 Å². The zero-order valence-electron chi connectivity index (χ0n) is 7.35. The molecule has 0 radical (unpaired) electrons. The van der Waals surface area contributed by atoms with Crippen molar-refractivity contribution in [2.45, 2.75) is 20.8 Å². The monoisotopic (exact) mass is 155 g/mol. The second kappa shape index (κ2) is 3.46. The fourth-order valence-corrected chi connectivity index (χ4v) is 0.819. The molecule has 1 aromatic heterocycles. The summed E-state index contributed by atoms with van der Waals surface area (Å²) in [7, 11) is 0. The van der Waals surface area contributed by atoms with E-state index < -0.39 is 0 Å². The van der Waals surface area contributed by atoms with Crippen molar-refractivity contribution < 1.29 is 6.16 Å². The number of nitrogens with one attached hydrogen (secondary N) is 1. The van der Waals surface area contributed by atoms with E-state index in [4.69, 9.17) is 4.74 Å². The van der Waals surface area contributed by atoms with Gasteiger partial charge in [-0.2, -0.15) is 0 Å². The van der Waals surface area contributed by atoms with Gasteiger partial charge >= 0.3 is 0 Å². The summed E-state index contributed by atoms with van der Waals surface area (Å²) in [6, 6.07) is 3.97. The van der Waals surface area contributed by atoms with Crippen LogP contribution in [0.3, 0.4) is 0 Å². The van der Waals surface area contributed by atoms with Crippen LogP contribution in [0.25, 0.3) is 0 Å². The van der Waals surface area contributed by atoms with Crippen molar-refractivity contribution in [3.63, 3.8) is 0 Å². The van der Waals surface area contributed by atoms with Gasteiger partial charge in [0, 0.05) is 7.12 Å². The zero-order valence-corrected chi connectivity index (χ0v) is 7.35. The Morgan fingerprint density at radius 2 is 2.27 bits per heavy atom. The molecular weight excluding hydrogens is 138 g/mol. The van der Waals surface area contributed by atoms with Crippen molar-refractivity contribution in [2.75, 3.05) is 6.61 Å². The molecule has 1 N–H and O–H groups in total. The standard InChI is InChI=1S/C9H15NO.H2/c1-7(2)6-11-9-5-4-8(3)10-9;/h4-5,7,10H,6H2,1-3H3;1H. The Kier molecular flexibility index (Phi) is 2.58. The lowest BCUT2D eigenvalue weighted by Gasteiger charge is -2.05. The quantitative estimate of drug-likeness (QED) is 0.713. The van der Waals surface area contributed by atoms with Gasteiger partial charge in [0.15, 0.2) is 5.88 Å². The summed E-state index contributed by atoms with van der Waals surface area (Å²) in [6.45, 7) is 7.06. The molecule has 0 atom stereocenters. The lowest BCUT2D eigenvalue weighted by atomic mass is 10.2. The van der Waals surface area contributed by atoms with Crippen LogP contribution in [0.2, 0.25) is 0 Å². The average molecular weight is 155 g/mol. The largest absolute Gasteiger partial charge is 0.479 e. The Hall–Kier alpha value is -0.920. The van der Waals surface area contributed by atoms with Crippen LogP contribution in [0.1, 0.15) is 21.0 Å². The SMILES string of the molecule is Cc1ccc(OCC(C)C)[nH]1.[HH]. The van der Waals surface area contributed by atoms with Crippen LogP contribution in [0.4, 0.5) is 0 Å². The van der Waals surface area contributed by atoms with Crippen molar-refractivity contribution in [1.29, 1.82) is 0 Å². The molecule has 1 heterocycles. The Balaban J connectivity index is 0.00000121. The van der Waals surface area contributed by atoms with Crippen LogP contribution in [-0.2, 0) is 0 Å². The molecule has 11 heavy (non-hydrogen) atoms. The molecule has 64 valence electrons. The number of ether oxygens (including phenoxy) is 1. The van der Waals surface area contributed by atoms with E-state index in [0.717, 1.165) is 18.2 Å². The number of H-pyrrole nitrogens is 1. The summed E-state index contributed by atoms with van der Waals surface area (Å²) in [5.74, 6) is 1.45. The van der Waals surface area contributed by atoms with E-state index in [0.29, 0.717) is 5.92 Å². The number of rotatable bonds is 3. The maximum absolute atomic E-state index is 5.43. The zero-order chi connectivity index (χ0) is 8.27. The summed E-state index contributed by atoms with van der Waals surface area (Å²) in [6.07, 6.45) is 0. The Morgan fingerprint density at radius 3 is 2.73 bits per heavy atom. The molecule has 0 saturated heterocycles. The molecule has 0 spiro atoms. The van der Waals surface area contributed by atoms with Gasteiger partial charge in [0.05, 0.1) is 6.61 Å². The number of hydrogen-bond acceptors (Lipinski definition) is 1. The van der Waals surface area contributed by atoms with Gasteiger partial charge in [-0.25, -0.2) is 0 Å². The molecular formula is C9H17NO. The van der Waals surface area contributed by atoms with Crippen molar-refractivity contribution in [2.24, 2.45) is 5.92 Å². The highest BCUT2D eigenvalue weighted by Crippen LogP contribution is 2.09. The first kappa shape index (κ1) is 8.18. The van der Waals surface area contributed by atoms with Gasteiger partial charge in [0.1, 0.15) is 0 Å². The summed E-state index contributed by atoms with van der Waals surface area (Å²) in [5.41, 5.74) is 1.14. The first-order valence-electron chi connectivity index (χ1n) is 3.97. The average Bonchev–Trinajstić information content (AvgIpc) is 2.31. The molecule has 1 rings (SSSR count). The van der Waals surface area contributed by atoms with E-state index in [1.165, 1.54) is 0 Å². The van der Waals surface area contributed by atoms with E-state index >= 15 is 0 Å². The number of aromatic amines is 1. The highest BCUT2D eigenvalue weighted by Gasteiger charge is 1.97. The summed E-state index contributed by atoms with van der Waals surface area (Å²) >= 11 is 0. The lowest BCUT2D eigenvalue weighted by Crippen LogP contribution is -2.04. The molecule has 0 aromatic carbocycles. The van der Waals surface area contributed by atoms with Crippen LogP contribution in [-0.4, -0.2) is 11.6 Å². The third-order valence-corrected chi connectivity index (χ3v) is 1.38. The molecule has 0 fully saturated rings. The highest BCUT2D eigenvalue weighted by molar-refractivity contribution is 5.16. The summed E-state index contributed by atoms with van der Waals surface area (Å²) in [4.78, 5) is 3.11. The Labute approximate surface area is 69.1 Å². The van der Waals surface area contributed by atoms with E-state index in [-0.39, 0.29) is 1.43 Å². The molecule has 0 amide bonds. The molecule has 0 bridgehead atoms. The molecule has 0 aliphatic carbocycles. The first-order chi connectivity index (χ1) is 5.18. The molecule has 1 aromatic rings. The molecule has 0 aliphatic heterocycles. The Bertz CT molecular complexity index is 220. The third-order valence-electron chi connectivity index (χ3n) is 1.38. The second-order valence-electron chi connectivity index (χ2n) is 3.21. The van der Waals surface area contributed by atoms with Crippen molar-refractivity contribution in [3.8, 4) is 5.88 Å². The van der Waals surface area contributed by atoms with Gasteiger partial charge in [-0.1, -0.05) is 13.8 Å². The van der Waals surface area contributed by atoms with Crippen molar-refractivity contribution in [1.82, 2.24) is 4.98 Å². The molecule has 0 saturated carbocycles. The third kappa shape index (κ3) is 2.66. The van der Waals surface area contributed by atoms with Crippen molar-refractivity contribution >= 4 is 0 Å². The molecule has 0 aliphatic rings. The maximum Gasteiger partial charge on any atom is 0.190 e. The number of aryl methyl sites for hydroxylation is 1. The van der Waals surface area contributed by atoms with Crippen LogP contribution in [0.5, 0.6) is 5.88 Å². The minimum Gasteiger partial charge on any atom is -0.479 e. The Morgan fingerprint density at radius 1 is 1.55 bits per heavy atom. The number of aromatic nitrogens is 1. The maximum atomic E-state index is 5.43. The minimum absolute atomic E-state index is 0. The van der Waals surface area contributed by atoms with Crippen LogP contribution < -0.4 is 4.74 Å². The van der Waals surface area contributed by atoms with E-state index in [9.17, 15) is 0 Å². The van der Waals surface area contributed by atoms with E-state index in [1.807, 2.05) is 19.1 Å². The van der Waals surface area contributed by atoms with Gasteiger partial charge in [0.2, 0.25) is 0 Å². The molecule has 2 nitrogen and oxygen atoms in total. The van der Waals surface area contributed by atoms with E-state index in [2.05, 4.69) is 18.8 Å². The van der Waals surface area contributed by atoms with Gasteiger partial charge in [0.25, 0.3) is 0 Å². The van der Waals surface area contributed by atoms with Crippen molar-refractivity contribution in [3.05, 3.63) is 17.8 Å². The predicted octanol–water partition coefficient (Wildman–Crippen LogP) is 2.60.